The highest BCUT2D eigenvalue weighted by Crippen LogP contribution is 2.38. The number of hydrogen-bond donors (Lipinski definition) is 1. The summed E-state index contributed by atoms with van der Waals surface area (Å²) in [5, 5.41) is 4.04. The average Bonchev–Trinajstić information content (AvgIpc) is 2.62. The molecule has 0 aliphatic rings. The Labute approximate surface area is 147 Å². The normalized spacial score (nSPS) is 10.6. The number of amides is 1. The highest BCUT2D eigenvalue weighted by Gasteiger charge is 2.16. The molecule has 0 bridgehead atoms. The van der Waals surface area contributed by atoms with E-state index in [9.17, 15) is 4.79 Å². The molecule has 0 saturated heterocycles. The highest BCUT2D eigenvalue weighted by molar-refractivity contribution is 5.96. The molecule has 0 atom stereocenters. The standard InChI is InChI=1S/C19H22N2O4/c1-12-6-7-13(2)15(8-12)11-20-21-19(22)14-9-16(23-3)18(25-5)17(10-14)24-4/h6-11H,1-5H3,(H,21,22)/b20-11-. The van der Waals surface area contributed by atoms with Gasteiger partial charge in [0.1, 0.15) is 0 Å². The number of nitrogens with zero attached hydrogens (tertiary/aromatic N) is 1. The van der Waals surface area contributed by atoms with Crippen LogP contribution in [0.25, 0.3) is 0 Å². The second-order valence-electron chi connectivity index (χ2n) is 5.47. The molecule has 0 unspecified atom stereocenters. The van der Waals surface area contributed by atoms with Gasteiger partial charge in [-0.1, -0.05) is 23.8 Å². The van der Waals surface area contributed by atoms with Crippen molar-refractivity contribution in [2.24, 2.45) is 5.10 Å². The van der Waals surface area contributed by atoms with Crippen LogP contribution in [0.3, 0.4) is 0 Å². The maximum atomic E-state index is 12.3. The molecule has 0 aromatic heterocycles. The van der Waals surface area contributed by atoms with Gasteiger partial charge in [-0.25, -0.2) is 5.43 Å². The lowest BCUT2D eigenvalue weighted by Gasteiger charge is -2.13. The molecule has 0 radical (unpaired) electrons. The van der Waals surface area contributed by atoms with Crippen molar-refractivity contribution < 1.29 is 19.0 Å². The van der Waals surface area contributed by atoms with Crippen LogP contribution in [0, 0.1) is 13.8 Å². The van der Waals surface area contributed by atoms with Crippen LogP contribution >= 0.6 is 0 Å². The number of hydrogen-bond acceptors (Lipinski definition) is 5. The summed E-state index contributed by atoms with van der Waals surface area (Å²) >= 11 is 0. The molecular formula is C19H22N2O4. The molecule has 6 nitrogen and oxygen atoms in total. The third kappa shape index (κ3) is 4.29. The average molecular weight is 342 g/mol. The van der Waals surface area contributed by atoms with E-state index in [1.165, 1.54) is 21.3 Å². The highest BCUT2D eigenvalue weighted by atomic mass is 16.5. The Hall–Kier alpha value is -3.02. The first-order valence-electron chi connectivity index (χ1n) is 7.70. The monoisotopic (exact) mass is 342 g/mol. The minimum Gasteiger partial charge on any atom is -0.493 e. The molecule has 0 aliphatic heterocycles. The number of carbonyl (C=O) groups excluding carboxylic acids is 1. The topological polar surface area (TPSA) is 69.2 Å². The van der Waals surface area contributed by atoms with Gasteiger partial charge < -0.3 is 14.2 Å². The fraction of sp³-hybridized carbons (Fsp3) is 0.263. The minimum atomic E-state index is -0.374. The smallest absolute Gasteiger partial charge is 0.271 e. The molecular weight excluding hydrogens is 320 g/mol. The number of methoxy groups -OCH3 is 3. The zero-order valence-electron chi connectivity index (χ0n) is 15.0. The van der Waals surface area contributed by atoms with Crippen molar-refractivity contribution in [2.75, 3.05) is 21.3 Å². The number of benzene rings is 2. The second kappa shape index (κ2) is 8.19. The van der Waals surface area contributed by atoms with E-state index in [1.807, 2.05) is 32.0 Å². The third-order valence-electron chi connectivity index (χ3n) is 3.73. The number of nitrogens with one attached hydrogen (secondary N) is 1. The summed E-state index contributed by atoms with van der Waals surface area (Å²) in [7, 11) is 4.50. The Kier molecular flexibility index (Phi) is 6.00. The summed E-state index contributed by atoms with van der Waals surface area (Å²) in [6.07, 6.45) is 1.62. The van der Waals surface area contributed by atoms with Crippen molar-refractivity contribution in [3.63, 3.8) is 0 Å². The van der Waals surface area contributed by atoms with Crippen molar-refractivity contribution in [1.82, 2.24) is 5.43 Å². The van der Waals surface area contributed by atoms with Gasteiger partial charge in [-0.05, 0) is 37.1 Å². The van der Waals surface area contributed by atoms with Crippen molar-refractivity contribution in [2.45, 2.75) is 13.8 Å². The largest absolute Gasteiger partial charge is 0.493 e. The maximum Gasteiger partial charge on any atom is 0.271 e. The summed E-state index contributed by atoms with van der Waals surface area (Å²) in [6.45, 7) is 3.99. The molecule has 6 heteroatoms. The quantitative estimate of drug-likeness (QED) is 0.647. The van der Waals surface area contributed by atoms with Crippen LogP contribution in [0.4, 0.5) is 0 Å². The molecule has 0 heterocycles. The van der Waals surface area contributed by atoms with E-state index in [-0.39, 0.29) is 5.91 Å². The van der Waals surface area contributed by atoms with Crippen LogP contribution in [0.15, 0.2) is 35.4 Å². The van der Waals surface area contributed by atoms with Gasteiger partial charge in [-0.3, -0.25) is 4.79 Å². The van der Waals surface area contributed by atoms with Gasteiger partial charge in [0, 0.05) is 5.56 Å². The first-order chi connectivity index (χ1) is 12.0. The molecule has 0 aliphatic carbocycles. The lowest BCUT2D eigenvalue weighted by atomic mass is 10.1. The Bertz CT molecular complexity index is 775. The van der Waals surface area contributed by atoms with Gasteiger partial charge in [-0.15, -0.1) is 0 Å². The van der Waals surface area contributed by atoms with Crippen LogP contribution in [-0.4, -0.2) is 33.5 Å². The summed E-state index contributed by atoms with van der Waals surface area (Å²) in [5.41, 5.74) is 6.02. The first kappa shape index (κ1) is 18.3. The Morgan fingerprint density at radius 1 is 1.00 bits per heavy atom. The second-order valence-corrected chi connectivity index (χ2v) is 5.47. The molecule has 0 saturated carbocycles. The van der Waals surface area contributed by atoms with Crippen LogP contribution in [-0.2, 0) is 0 Å². The van der Waals surface area contributed by atoms with Crippen LogP contribution in [0.5, 0.6) is 17.2 Å². The predicted molar refractivity (Wildman–Crippen MR) is 97.1 cm³/mol. The lowest BCUT2D eigenvalue weighted by Crippen LogP contribution is -2.18. The third-order valence-corrected chi connectivity index (χ3v) is 3.73. The van der Waals surface area contributed by atoms with Gasteiger partial charge in [0.2, 0.25) is 5.75 Å². The summed E-state index contributed by atoms with van der Waals surface area (Å²) < 4.78 is 15.7. The zero-order chi connectivity index (χ0) is 18.4. The Morgan fingerprint density at radius 3 is 2.20 bits per heavy atom. The number of carbonyl (C=O) groups is 1. The van der Waals surface area contributed by atoms with E-state index in [0.29, 0.717) is 22.8 Å². The fourth-order valence-electron chi connectivity index (χ4n) is 2.34. The molecule has 2 aromatic carbocycles. The van der Waals surface area contributed by atoms with Crippen molar-refractivity contribution in [3.05, 3.63) is 52.6 Å². The SMILES string of the molecule is COc1cc(C(=O)N/N=C\c2cc(C)ccc2C)cc(OC)c1OC. The Morgan fingerprint density at radius 2 is 1.64 bits per heavy atom. The van der Waals surface area contributed by atoms with E-state index in [4.69, 9.17) is 14.2 Å². The van der Waals surface area contributed by atoms with Crippen molar-refractivity contribution in [3.8, 4) is 17.2 Å². The summed E-state index contributed by atoms with van der Waals surface area (Å²) in [5.74, 6) is 0.872. The molecule has 0 spiro atoms. The number of ether oxygens (including phenoxy) is 3. The zero-order valence-corrected chi connectivity index (χ0v) is 15.0. The predicted octanol–water partition coefficient (Wildman–Crippen LogP) is 3.09. The lowest BCUT2D eigenvalue weighted by molar-refractivity contribution is 0.0954. The first-order valence-corrected chi connectivity index (χ1v) is 7.70. The van der Waals surface area contributed by atoms with E-state index in [1.54, 1.807) is 18.3 Å². The summed E-state index contributed by atoms with van der Waals surface area (Å²) in [6, 6.07) is 9.19. The Balaban J connectivity index is 2.20. The van der Waals surface area contributed by atoms with E-state index in [2.05, 4.69) is 10.5 Å². The number of aryl methyl sites for hydroxylation is 2. The molecule has 2 aromatic rings. The van der Waals surface area contributed by atoms with Crippen LogP contribution in [0.2, 0.25) is 0 Å². The van der Waals surface area contributed by atoms with Crippen molar-refractivity contribution >= 4 is 12.1 Å². The molecule has 0 fully saturated rings. The van der Waals surface area contributed by atoms with Gasteiger partial charge in [0.05, 0.1) is 27.5 Å². The van der Waals surface area contributed by atoms with Crippen LogP contribution in [0.1, 0.15) is 27.0 Å². The number of hydrazone groups is 1. The maximum absolute atomic E-state index is 12.3. The fourth-order valence-corrected chi connectivity index (χ4v) is 2.34. The molecule has 132 valence electrons. The van der Waals surface area contributed by atoms with Gasteiger partial charge in [-0.2, -0.15) is 5.10 Å². The molecule has 2 rings (SSSR count). The van der Waals surface area contributed by atoms with Gasteiger partial charge in [0.25, 0.3) is 5.91 Å². The minimum absolute atomic E-state index is 0.354. The van der Waals surface area contributed by atoms with Gasteiger partial charge in [0.15, 0.2) is 11.5 Å². The molecule has 1 amide bonds. The van der Waals surface area contributed by atoms with Gasteiger partial charge >= 0.3 is 0 Å². The van der Waals surface area contributed by atoms with E-state index >= 15 is 0 Å². The van der Waals surface area contributed by atoms with Crippen LogP contribution < -0.4 is 19.6 Å². The van der Waals surface area contributed by atoms with Crippen molar-refractivity contribution in [1.29, 1.82) is 0 Å². The summed E-state index contributed by atoms with van der Waals surface area (Å²) in [4.78, 5) is 12.3. The van der Waals surface area contributed by atoms with E-state index < -0.39 is 0 Å². The molecule has 1 N–H and O–H groups in total. The van der Waals surface area contributed by atoms with E-state index in [0.717, 1.165) is 16.7 Å². The molecule has 25 heavy (non-hydrogen) atoms. The number of rotatable bonds is 6.